The smallest absolute Gasteiger partial charge is 0.416 e. The maximum Gasteiger partial charge on any atom is 0.416 e. The van der Waals surface area contributed by atoms with E-state index in [1.54, 1.807) is 43.1 Å². The van der Waals surface area contributed by atoms with Gasteiger partial charge in [0, 0.05) is 24.1 Å². The predicted octanol–water partition coefficient (Wildman–Crippen LogP) is 7.55. The number of nitrogens with zero attached hydrogens (tertiary/aromatic N) is 3. The minimum absolute atomic E-state index is 0.0112. The Morgan fingerprint density at radius 3 is 2.56 bits per heavy atom. The molecule has 12 heteroatoms. The molecule has 3 heterocycles. The van der Waals surface area contributed by atoms with Gasteiger partial charge in [-0.1, -0.05) is 30.3 Å². The standard InChI is InChI=1S/C31H24F3N3O5S/c1-17-9-20(7-8-23(17)31(32,33)34)25(38)11-18-5-4-6-19(10-18)16-41-26-12-21(39-2)13-27-22(26)14-28(42-27)24-15-37-29(35-24)43-30(36-37)40-3/h4-10,12-15H,11,16H2,1-3H3. The molecule has 0 bridgehead atoms. The zero-order valence-corrected chi connectivity index (χ0v) is 24.0. The fourth-order valence-corrected chi connectivity index (χ4v) is 5.46. The second kappa shape index (κ2) is 11.1. The van der Waals surface area contributed by atoms with Crippen LogP contribution in [0.2, 0.25) is 0 Å². The van der Waals surface area contributed by atoms with Crippen molar-refractivity contribution in [3.8, 4) is 28.1 Å². The van der Waals surface area contributed by atoms with Gasteiger partial charge in [-0.05, 0) is 53.1 Å². The van der Waals surface area contributed by atoms with E-state index >= 15 is 0 Å². The normalized spacial score (nSPS) is 11.8. The van der Waals surface area contributed by atoms with Gasteiger partial charge in [0.2, 0.25) is 4.96 Å². The lowest BCUT2D eigenvalue weighted by molar-refractivity contribution is -0.138. The molecule has 0 spiro atoms. The van der Waals surface area contributed by atoms with Crippen LogP contribution in [0, 0.1) is 6.92 Å². The van der Waals surface area contributed by atoms with Crippen LogP contribution in [0.25, 0.3) is 27.4 Å². The summed E-state index contributed by atoms with van der Waals surface area (Å²) in [5, 5.41) is 5.53. The average Bonchev–Trinajstić information content (AvgIpc) is 3.68. The van der Waals surface area contributed by atoms with Crippen molar-refractivity contribution in [2.45, 2.75) is 26.1 Å². The number of furan rings is 1. The van der Waals surface area contributed by atoms with Crippen LogP contribution in [-0.4, -0.2) is 34.6 Å². The Morgan fingerprint density at radius 1 is 1.02 bits per heavy atom. The molecule has 0 unspecified atom stereocenters. The van der Waals surface area contributed by atoms with Gasteiger partial charge in [-0.3, -0.25) is 4.79 Å². The highest BCUT2D eigenvalue weighted by molar-refractivity contribution is 7.18. The number of ketones is 1. The third kappa shape index (κ3) is 5.78. The van der Waals surface area contributed by atoms with Crippen molar-refractivity contribution >= 4 is 33.1 Å². The van der Waals surface area contributed by atoms with E-state index in [1.807, 2.05) is 24.3 Å². The number of hydrogen-bond donors (Lipinski definition) is 0. The van der Waals surface area contributed by atoms with Crippen molar-refractivity contribution in [2.24, 2.45) is 0 Å². The number of Topliss-reactive ketones (excluding diaryl/α,β-unsaturated/α-hetero) is 1. The number of carbonyl (C=O) groups excluding carboxylic acids is 1. The molecule has 0 radical (unpaired) electrons. The third-order valence-electron chi connectivity index (χ3n) is 6.86. The quantitative estimate of drug-likeness (QED) is 0.157. The van der Waals surface area contributed by atoms with Gasteiger partial charge in [-0.15, -0.1) is 5.10 Å². The number of aryl methyl sites for hydroxylation is 1. The molecule has 6 aromatic rings. The number of alkyl halides is 3. The van der Waals surface area contributed by atoms with Crippen molar-refractivity contribution < 1.29 is 36.6 Å². The van der Waals surface area contributed by atoms with E-state index in [0.717, 1.165) is 22.6 Å². The zero-order valence-electron chi connectivity index (χ0n) is 23.2. The molecule has 3 aromatic carbocycles. The molecule has 3 aromatic heterocycles. The largest absolute Gasteiger partial charge is 0.496 e. The van der Waals surface area contributed by atoms with Gasteiger partial charge in [0.25, 0.3) is 5.19 Å². The van der Waals surface area contributed by atoms with Gasteiger partial charge in [-0.25, -0.2) is 9.50 Å². The first-order valence-electron chi connectivity index (χ1n) is 13.0. The lowest BCUT2D eigenvalue weighted by Gasteiger charge is -2.12. The monoisotopic (exact) mass is 607 g/mol. The third-order valence-corrected chi connectivity index (χ3v) is 7.75. The highest BCUT2D eigenvalue weighted by Crippen LogP contribution is 2.38. The van der Waals surface area contributed by atoms with Crippen LogP contribution < -0.4 is 14.2 Å². The molecule has 0 amide bonds. The van der Waals surface area contributed by atoms with Crippen LogP contribution >= 0.6 is 11.3 Å². The molecule has 0 N–H and O–H groups in total. The van der Waals surface area contributed by atoms with E-state index in [-0.39, 0.29) is 29.9 Å². The minimum Gasteiger partial charge on any atom is -0.496 e. The summed E-state index contributed by atoms with van der Waals surface area (Å²) in [5.41, 5.74) is 2.17. The molecule has 43 heavy (non-hydrogen) atoms. The van der Waals surface area contributed by atoms with Crippen LogP contribution in [-0.2, 0) is 19.2 Å². The molecule has 220 valence electrons. The molecule has 8 nitrogen and oxygen atoms in total. The topological polar surface area (TPSA) is 88.1 Å². The van der Waals surface area contributed by atoms with Crippen molar-refractivity contribution in [3.63, 3.8) is 0 Å². The van der Waals surface area contributed by atoms with Crippen LogP contribution in [0.4, 0.5) is 13.2 Å². The Balaban J connectivity index is 1.20. The first kappa shape index (κ1) is 28.3. The summed E-state index contributed by atoms with van der Waals surface area (Å²) < 4.78 is 63.8. The number of ether oxygens (including phenoxy) is 3. The summed E-state index contributed by atoms with van der Waals surface area (Å²) in [6, 6.07) is 16.1. The fourth-order valence-electron chi connectivity index (χ4n) is 4.76. The molecule has 0 aliphatic heterocycles. The van der Waals surface area contributed by atoms with Gasteiger partial charge >= 0.3 is 6.18 Å². The van der Waals surface area contributed by atoms with E-state index < -0.39 is 11.7 Å². The number of methoxy groups -OCH3 is 2. The number of imidazole rings is 1. The first-order valence-corrected chi connectivity index (χ1v) is 13.9. The van der Waals surface area contributed by atoms with E-state index in [2.05, 4.69) is 10.1 Å². The Hall–Kier alpha value is -4.84. The number of carbonyl (C=O) groups is 1. The molecule has 0 atom stereocenters. The molecular weight excluding hydrogens is 583 g/mol. The van der Waals surface area contributed by atoms with Gasteiger partial charge in [-0.2, -0.15) is 13.2 Å². The Bertz CT molecular complexity index is 1940. The summed E-state index contributed by atoms with van der Waals surface area (Å²) in [4.78, 5) is 18.1. The highest BCUT2D eigenvalue weighted by atomic mass is 32.1. The Kier molecular flexibility index (Phi) is 7.30. The zero-order chi connectivity index (χ0) is 30.3. The van der Waals surface area contributed by atoms with E-state index in [0.29, 0.717) is 38.7 Å². The number of aromatic nitrogens is 3. The minimum atomic E-state index is -4.46. The summed E-state index contributed by atoms with van der Waals surface area (Å²) >= 11 is 1.31. The number of fused-ring (bicyclic) bond motifs is 2. The van der Waals surface area contributed by atoms with Crippen LogP contribution in [0.15, 0.2) is 71.3 Å². The van der Waals surface area contributed by atoms with E-state index in [9.17, 15) is 18.0 Å². The molecule has 0 fully saturated rings. The molecule has 0 aliphatic rings. The highest BCUT2D eigenvalue weighted by Gasteiger charge is 2.32. The van der Waals surface area contributed by atoms with E-state index in [1.165, 1.54) is 30.4 Å². The second-order valence-electron chi connectivity index (χ2n) is 9.81. The summed E-state index contributed by atoms with van der Waals surface area (Å²) in [7, 11) is 3.10. The number of benzene rings is 3. The number of halogens is 3. The molecule has 0 aliphatic carbocycles. The van der Waals surface area contributed by atoms with E-state index in [4.69, 9.17) is 18.6 Å². The molecule has 6 rings (SSSR count). The van der Waals surface area contributed by atoms with Crippen molar-refractivity contribution in [1.82, 2.24) is 14.6 Å². The number of hydrogen-bond acceptors (Lipinski definition) is 8. The van der Waals surface area contributed by atoms with Crippen molar-refractivity contribution in [1.29, 1.82) is 0 Å². The predicted molar refractivity (Wildman–Crippen MR) is 154 cm³/mol. The van der Waals surface area contributed by atoms with Gasteiger partial charge in [0.15, 0.2) is 11.5 Å². The average molecular weight is 608 g/mol. The van der Waals surface area contributed by atoms with Gasteiger partial charge in [0.1, 0.15) is 29.4 Å². The second-order valence-corrected chi connectivity index (χ2v) is 10.7. The maximum atomic E-state index is 13.1. The lowest BCUT2D eigenvalue weighted by Crippen LogP contribution is -2.10. The van der Waals surface area contributed by atoms with Gasteiger partial charge < -0.3 is 18.6 Å². The first-order chi connectivity index (χ1) is 20.6. The maximum absolute atomic E-state index is 13.1. The van der Waals surface area contributed by atoms with Crippen LogP contribution in [0.5, 0.6) is 16.7 Å². The Morgan fingerprint density at radius 2 is 1.84 bits per heavy atom. The summed E-state index contributed by atoms with van der Waals surface area (Å²) in [6.45, 7) is 1.54. The summed E-state index contributed by atoms with van der Waals surface area (Å²) in [5.74, 6) is 1.34. The van der Waals surface area contributed by atoms with Crippen LogP contribution in [0.1, 0.15) is 32.6 Å². The van der Waals surface area contributed by atoms with Crippen molar-refractivity contribution in [3.05, 3.63) is 94.7 Å². The molecular formula is C31H24F3N3O5S. The number of rotatable bonds is 9. The lowest BCUT2D eigenvalue weighted by atomic mass is 9.98. The molecule has 0 saturated carbocycles. The SMILES string of the molecule is COc1cc(OCc2cccc(CC(=O)c3ccc(C(F)(F)F)c(C)c3)c2)c2cc(-c3cn4nc(OC)sc4n3)oc2c1. The summed E-state index contributed by atoms with van der Waals surface area (Å²) in [6.07, 6.45) is -2.67. The van der Waals surface area contributed by atoms with Crippen LogP contribution in [0.3, 0.4) is 0 Å². The van der Waals surface area contributed by atoms with Gasteiger partial charge in [0.05, 0.1) is 31.4 Å². The Labute approximate surface area is 247 Å². The fraction of sp³-hybridized carbons (Fsp3) is 0.194. The van der Waals surface area contributed by atoms with Crippen molar-refractivity contribution in [2.75, 3.05) is 14.2 Å². The molecule has 0 saturated heterocycles.